The number of sulfonamides is 1. The van der Waals surface area contributed by atoms with E-state index in [2.05, 4.69) is 16.5 Å². The highest BCUT2D eigenvalue weighted by Crippen LogP contribution is 2.12. The summed E-state index contributed by atoms with van der Waals surface area (Å²) >= 11 is 0. The van der Waals surface area contributed by atoms with Crippen molar-refractivity contribution >= 4 is 28.5 Å². The van der Waals surface area contributed by atoms with Crippen LogP contribution >= 0.6 is 12.4 Å². The number of rotatable bonds is 6. The van der Waals surface area contributed by atoms with Crippen LogP contribution in [0.3, 0.4) is 0 Å². The fourth-order valence-corrected chi connectivity index (χ4v) is 3.71. The lowest BCUT2D eigenvalue weighted by molar-refractivity contribution is 0.208. The van der Waals surface area contributed by atoms with Crippen molar-refractivity contribution in [2.24, 2.45) is 0 Å². The van der Waals surface area contributed by atoms with E-state index in [0.29, 0.717) is 0 Å². The molecule has 0 spiro atoms. The van der Waals surface area contributed by atoms with Gasteiger partial charge in [0, 0.05) is 11.4 Å². The molecule has 6 heteroatoms. The van der Waals surface area contributed by atoms with Crippen LogP contribution in [0.5, 0.6) is 0 Å². The lowest BCUT2D eigenvalue weighted by Gasteiger charge is -2.31. The number of halogens is 1. The molecule has 1 heterocycles. The normalized spacial score (nSPS) is 17.5. The summed E-state index contributed by atoms with van der Waals surface area (Å²) in [5, 5.41) is 1.26. The van der Waals surface area contributed by atoms with E-state index >= 15 is 0 Å². The second kappa shape index (κ2) is 9.30. The Kier molecular flexibility index (Phi) is 8.10. The van der Waals surface area contributed by atoms with Gasteiger partial charge in [0.1, 0.15) is 0 Å². The SMILES string of the molecule is CCCN1CCC(NS(=O)(=O)/C=C/c2ccccc2)CC1.Cl. The fourth-order valence-electron chi connectivity index (χ4n) is 2.59. The molecule has 22 heavy (non-hydrogen) atoms. The van der Waals surface area contributed by atoms with Crippen molar-refractivity contribution in [3.63, 3.8) is 0 Å². The predicted molar refractivity (Wildman–Crippen MR) is 94.5 cm³/mol. The molecule has 0 aliphatic carbocycles. The van der Waals surface area contributed by atoms with Crippen LogP contribution in [-0.2, 0) is 10.0 Å². The maximum Gasteiger partial charge on any atom is 0.233 e. The molecule has 1 aliphatic rings. The molecule has 4 nitrogen and oxygen atoms in total. The molecule has 1 fully saturated rings. The van der Waals surface area contributed by atoms with Gasteiger partial charge in [-0.05, 0) is 50.5 Å². The summed E-state index contributed by atoms with van der Waals surface area (Å²) in [5.74, 6) is 0. The van der Waals surface area contributed by atoms with Gasteiger partial charge in [-0.1, -0.05) is 37.3 Å². The number of hydrogen-bond acceptors (Lipinski definition) is 3. The lowest BCUT2D eigenvalue weighted by atomic mass is 10.1. The van der Waals surface area contributed by atoms with Crippen molar-refractivity contribution in [1.29, 1.82) is 0 Å². The third kappa shape index (κ3) is 6.48. The minimum Gasteiger partial charge on any atom is -0.303 e. The van der Waals surface area contributed by atoms with E-state index in [0.717, 1.165) is 44.5 Å². The Labute approximate surface area is 140 Å². The molecule has 0 bridgehead atoms. The van der Waals surface area contributed by atoms with E-state index < -0.39 is 10.0 Å². The first-order valence-corrected chi connectivity index (χ1v) is 9.11. The summed E-state index contributed by atoms with van der Waals surface area (Å²) in [5.41, 5.74) is 0.889. The second-order valence-electron chi connectivity index (χ2n) is 5.49. The van der Waals surface area contributed by atoms with E-state index in [4.69, 9.17) is 0 Å². The van der Waals surface area contributed by atoms with Gasteiger partial charge in [0.25, 0.3) is 0 Å². The molecular weight excluding hydrogens is 320 g/mol. The molecule has 0 amide bonds. The zero-order valence-electron chi connectivity index (χ0n) is 12.9. The Morgan fingerprint density at radius 3 is 2.45 bits per heavy atom. The molecular formula is C16H25ClN2O2S. The van der Waals surface area contributed by atoms with Crippen molar-refractivity contribution < 1.29 is 8.42 Å². The molecule has 0 aromatic heterocycles. The van der Waals surface area contributed by atoms with Gasteiger partial charge in [-0.3, -0.25) is 0 Å². The molecule has 1 aliphatic heterocycles. The van der Waals surface area contributed by atoms with Crippen LogP contribution in [0.15, 0.2) is 35.7 Å². The number of nitrogens with one attached hydrogen (secondary N) is 1. The van der Waals surface area contributed by atoms with Gasteiger partial charge in [-0.25, -0.2) is 13.1 Å². The Hall–Kier alpha value is -0.880. The van der Waals surface area contributed by atoms with Crippen LogP contribution in [0, 0.1) is 0 Å². The third-order valence-electron chi connectivity index (χ3n) is 3.70. The smallest absolute Gasteiger partial charge is 0.233 e. The van der Waals surface area contributed by atoms with Crippen molar-refractivity contribution in [2.75, 3.05) is 19.6 Å². The summed E-state index contributed by atoms with van der Waals surface area (Å²) < 4.78 is 26.9. The number of nitrogens with zero attached hydrogens (tertiary/aromatic N) is 1. The lowest BCUT2D eigenvalue weighted by Crippen LogP contribution is -2.44. The quantitative estimate of drug-likeness (QED) is 0.863. The van der Waals surface area contributed by atoms with Gasteiger partial charge in [-0.15, -0.1) is 12.4 Å². The standard InChI is InChI=1S/C16H24N2O2S.ClH/c1-2-11-18-12-8-16(9-13-18)17-21(19,20)14-10-15-6-4-3-5-7-15;/h3-7,10,14,16-17H,2,8-9,11-13H2,1H3;1H/b14-10+;. The molecule has 0 radical (unpaired) electrons. The predicted octanol–water partition coefficient (Wildman–Crippen LogP) is 2.87. The van der Waals surface area contributed by atoms with Crippen molar-refractivity contribution in [1.82, 2.24) is 9.62 Å². The zero-order chi connectivity index (χ0) is 15.1. The van der Waals surface area contributed by atoms with E-state index in [1.165, 1.54) is 5.41 Å². The van der Waals surface area contributed by atoms with Crippen LogP contribution in [0.4, 0.5) is 0 Å². The monoisotopic (exact) mass is 344 g/mol. The summed E-state index contributed by atoms with van der Waals surface area (Å²) in [6.07, 6.45) is 4.56. The number of piperidine rings is 1. The van der Waals surface area contributed by atoms with E-state index in [1.807, 2.05) is 30.3 Å². The molecule has 1 saturated heterocycles. The zero-order valence-corrected chi connectivity index (χ0v) is 14.6. The summed E-state index contributed by atoms with van der Waals surface area (Å²) in [4.78, 5) is 2.39. The summed E-state index contributed by atoms with van der Waals surface area (Å²) in [6, 6.07) is 9.52. The van der Waals surface area contributed by atoms with Gasteiger partial charge in [0.15, 0.2) is 0 Å². The van der Waals surface area contributed by atoms with E-state index in [9.17, 15) is 8.42 Å². The molecule has 2 rings (SSSR count). The summed E-state index contributed by atoms with van der Waals surface area (Å²) in [6.45, 7) is 5.23. The van der Waals surface area contributed by atoms with Crippen LogP contribution in [0.2, 0.25) is 0 Å². The van der Waals surface area contributed by atoms with Gasteiger partial charge in [-0.2, -0.15) is 0 Å². The maximum atomic E-state index is 12.1. The number of benzene rings is 1. The van der Waals surface area contributed by atoms with Gasteiger partial charge in [0.2, 0.25) is 10.0 Å². The first kappa shape index (κ1) is 19.2. The highest BCUT2D eigenvalue weighted by molar-refractivity contribution is 7.92. The first-order valence-electron chi connectivity index (χ1n) is 7.57. The average Bonchev–Trinajstić information content (AvgIpc) is 2.48. The number of likely N-dealkylation sites (tertiary alicyclic amines) is 1. The van der Waals surface area contributed by atoms with Crippen molar-refractivity contribution in [3.05, 3.63) is 41.3 Å². The van der Waals surface area contributed by atoms with Crippen LogP contribution in [0.1, 0.15) is 31.7 Å². The highest BCUT2D eigenvalue weighted by Gasteiger charge is 2.21. The van der Waals surface area contributed by atoms with Crippen LogP contribution in [-0.4, -0.2) is 39.0 Å². The van der Waals surface area contributed by atoms with E-state index in [1.54, 1.807) is 6.08 Å². The van der Waals surface area contributed by atoms with Crippen LogP contribution in [0.25, 0.3) is 6.08 Å². The molecule has 1 aromatic rings. The van der Waals surface area contributed by atoms with Gasteiger partial charge >= 0.3 is 0 Å². The second-order valence-corrected chi connectivity index (χ2v) is 7.09. The molecule has 0 saturated carbocycles. The Balaban J connectivity index is 0.00000242. The molecule has 0 unspecified atom stereocenters. The van der Waals surface area contributed by atoms with Crippen LogP contribution < -0.4 is 4.72 Å². The molecule has 1 N–H and O–H groups in total. The number of hydrogen-bond donors (Lipinski definition) is 1. The van der Waals surface area contributed by atoms with Crippen molar-refractivity contribution in [2.45, 2.75) is 32.2 Å². The van der Waals surface area contributed by atoms with Crippen molar-refractivity contribution in [3.8, 4) is 0 Å². The van der Waals surface area contributed by atoms with Gasteiger partial charge in [0.05, 0.1) is 0 Å². The first-order chi connectivity index (χ1) is 10.1. The summed E-state index contributed by atoms with van der Waals surface area (Å²) in [7, 11) is -3.36. The largest absolute Gasteiger partial charge is 0.303 e. The topological polar surface area (TPSA) is 49.4 Å². The molecule has 0 atom stereocenters. The van der Waals surface area contributed by atoms with Gasteiger partial charge < -0.3 is 4.90 Å². The Morgan fingerprint density at radius 1 is 1.23 bits per heavy atom. The Morgan fingerprint density at radius 2 is 1.86 bits per heavy atom. The van der Waals surface area contributed by atoms with E-state index in [-0.39, 0.29) is 18.4 Å². The Bertz CT molecular complexity index is 553. The molecule has 1 aromatic carbocycles. The molecule has 124 valence electrons. The minimum atomic E-state index is -3.36. The minimum absolute atomic E-state index is 0. The maximum absolute atomic E-state index is 12.1. The average molecular weight is 345 g/mol. The third-order valence-corrected chi connectivity index (χ3v) is 4.85. The highest BCUT2D eigenvalue weighted by atomic mass is 35.5. The fraction of sp³-hybridized carbons (Fsp3) is 0.500.